The normalized spacial score (nSPS) is 21.7. The molecular formula is C32H47N3O5. The fourth-order valence-corrected chi connectivity index (χ4v) is 5.04. The molecule has 3 rings (SSSR count). The third kappa shape index (κ3) is 9.04. The van der Waals surface area contributed by atoms with Gasteiger partial charge in [0.05, 0.1) is 30.4 Å². The van der Waals surface area contributed by atoms with Gasteiger partial charge in [0.25, 0.3) is 11.8 Å². The van der Waals surface area contributed by atoms with E-state index in [4.69, 9.17) is 9.47 Å². The molecule has 1 aliphatic rings. The summed E-state index contributed by atoms with van der Waals surface area (Å²) in [6, 6.07) is 13.8. The topological polar surface area (TPSA) is 91.3 Å². The van der Waals surface area contributed by atoms with Gasteiger partial charge >= 0.3 is 0 Å². The molecule has 1 heterocycles. The average molecular weight is 554 g/mol. The van der Waals surface area contributed by atoms with Crippen molar-refractivity contribution in [3.05, 3.63) is 59.7 Å². The summed E-state index contributed by atoms with van der Waals surface area (Å²) in [5.74, 6) is 0.00713. The van der Waals surface area contributed by atoms with Gasteiger partial charge in [-0.05, 0) is 83.5 Å². The molecule has 0 radical (unpaired) electrons. The number of aliphatic hydroxyl groups is 1. The third-order valence-electron chi connectivity index (χ3n) is 7.44. The summed E-state index contributed by atoms with van der Waals surface area (Å²) >= 11 is 0. The predicted octanol–water partition coefficient (Wildman–Crippen LogP) is 5.08. The van der Waals surface area contributed by atoms with Crippen LogP contribution < -0.4 is 10.1 Å². The summed E-state index contributed by atoms with van der Waals surface area (Å²) in [7, 11) is 2.10. The van der Waals surface area contributed by atoms with Gasteiger partial charge in [-0.15, -0.1) is 0 Å². The molecule has 0 aliphatic carbocycles. The van der Waals surface area contributed by atoms with Gasteiger partial charge in [0, 0.05) is 36.9 Å². The Morgan fingerprint density at radius 3 is 2.62 bits per heavy atom. The van der Waals surface area contributed by atoms with Crippen LogP contribution in [0, 0.1) is 5.92 Å². The maximum absolute atomic E-state index is 14.2. The number of hydrogen-bond donors (Lipinski definition) is 2. The highest BCUT2D eigenvalue weighted by Gasteiger charge is 2.30. The smallest absolute Gasteiger partial charge is 0.258 e. The van der Waals surface area contributed by atoms with Crippen molar-refractivity contribution in [1.29, 1.82) is 0 Å². The Kier molecular flexibility index (Phi) is 12.4. The Hall–Kier alpha value is -2.94. The molecule has 0 saturated carbocycles. The number of rotatable bonds is 8. The van der Waals surface area contributed by atoms with Crippen molar-refractivity contribution in [2.45, 2.75) is 71.6 Å². The zero-order valence-corrected chi connectivity index (χ0v) is 24.8. The zero-order chi connectivity index (χ0) is 29.1. The molecule has 2 aromatic rings. The SMILES string of the molecule is CCCN(C)C[C@H]1OCCCC[C@@H](C)Oc2ccc(NC(=O)c3ccccc3)cc2C(=O)N([C@@H](C)CO)C[C@H]1C. The molecule has 0 aromatic heterocycles. The lowest BCUT2D eigenvalue weighted by Gasteiger charge is -2.35. The second-order valence-corrected chi connectivity index (χ2v) is 11.1. The number of carbonyl (C=O) groups is 2. The number of hydrogen-bond acceptors (Lipinski definition) is 6. The van der Waals surface area contributed by atoms with Gasteiger partial charge in [0.2, 0.25) is 0 Å². The molecule has 2 amide bonds. The minimum Gasteiger partial charge on any atom is -0.490 e. The van der Waals surface area contributed by atoms with E-state index in [1.165, 1.54) is 0 Å². The molecule has 8 nitrogen and oxygen atoms in total. The molecular weight excluding hydrogens is 506 g/mol. The number of benzene rings is 2. The molecule has 1 aliphatic heterocycles. The fraction of sp³-hybridized carbons (Fsp3) is 0.562. The van der Waals surface area contributed by atoms with Gasteiger partial charge in [-0.3, -0.25) is 9.59 Å². The van der Waals surface area contributed by atoms with Crippen LogP contribution in [0.4, 0.5) is 5.69 Å². The lowest BCUT2D eigenvalue weighted by atomic mass is 10.0. The van der Waals surface area contributed by atoms with E-state index in [-0.39, 0.29) is 36.5 Å². The number of anilines is 1. The van der Waals surface area contributed by atoms with Gasteiger partial charge < -0.3 is 29.7 Å². The van der Waals surface area contributed by atoms with Crippen LogP contribution in [-0.2, 0) is 4.74 Å². The van der Waals surface area contributed by atoms with Crippen molar-refractivity contribution in [2.24, 2.45) is 5.92 Å². The number of ether oxygens (including phenoxy) is 2. The van der Waals surface area contributed by atoms with Crippen LogP contribution in [0.3, 0.4) is 0 Å². The number of nitrogens with zero attached hydrogens (tertiary/aromatic N) is 2. The van der Waals surface area contributed by atoms with E-state index in [1.807, 2.05) is 32.0 Å². The first kappa shape index (κ1) is 31.6. The second kappa shape index (κ2) is 15.7. The first-order valence-electron chi connectivity index (χ1n) is 14.6. The number of carbonyl (C=O) groups excluding carboxylic acids is 2. The van der Waals surface area contributed by atoms with Crippen LogP contribution in [-0.4, -0.2) is 84.9 Å². The maximum Gasteiger partial charge on any atom is 0.258 e. The Morgan fingerprint density at radius 2 is 1.93 bits per heavy atom. The highest BCUT2D eigenvalue weighted by atomic mass is 16.5. The molecule has 8 heteroatoms. The Bertz CT molecular complexity index is 1080. The van der Waals surface area contributed by atoms with E-state index in [0.29, 0.717) is 35.7 Å². The van der Waals surface area contributed by atoms with E-state index in [2.05, 4.69) is 31.1 Å². The molecule has 2 aromatic carbocycles. The number of aliphatic hydroxyl groups excluding tert-OH is 1. The standard InChI is InChI=1S/C32H47N3O5/c1-6-17-34(5)21-30-23(2)20-35(24(3)22-36)32(38)28-19-27(33-31(37)26-13-8-7-9-14-26)15-16-29(28)40-25(4)12-10-11-18-39-30/h7-9,13-16,19,23-25,30,36H,6,10-12,17-18,20-22H2,1-5H3,(H,33,37)/t23-,24+,25-,30-/m1/s1. The number of likely N-dealkylation sites (N-methyl/N-ethyl adjacent to an activating group) is 1. The molecule has 4 atom stereocenters. The number of nitrogens with one attached hydrogen (secondary N) is 1. The van der Waals surface area contributed by atoms with Crippen molar-refractivity contribution in [1.82, 2.24) is 9.80 Å². The average Bonchev–Trinajstić information content (AvgIpc) is 2.95. The minimum atomic E-state index is -0.412. The highest BCUT2D eigenvalue weighted by Crippen LogP contribution is 2.28. The third-order valence-corrected chi connectivity index (χ3v) is 7.44. The molecule has 220 valence electrons. The number of fused-ring (bicyclic) bond motifs is 1. The summed E-state index contributed by atoms with van der Waals surface area (Å²) in [5, 5.41) is 13.0. The molecule has 0 bridgehead atoms. The molecule has 0 saturated heterocycles. The van der Waals surface area contributed by atoms with E-state index >= 15 is 0 Å². The van der Waals surface area contributed by atoms with Crippen molar-refractivity contribution in [2.75, 3.05) is 45.2 Å². The van der Waals surface area contributed by atoms with Crippen molar-refractivity contribution in [3.8, 4) is 5.75 Å². The van der Waals surface area contributed by atoms with Crippen LogP contribution in [0.2, 0.25) is 0 Å². The summed E-state index contributed by atoms with van der Waals surface area (Å²) in [4.78, 5) is 31.0. The van der Waals surface area contributed by atoms with Crippen LogP contribution >= 0.6 is 0 Å². The van der Waals surface area contributed by atoms with Crippen molar-refractivity contribution < 1.29 is 24.2 Å². The zero-order valence-electron chi connectivity index (χ0n) is 24.8. The Morgan fingerprint density at radius 1 is 1.18 bits per heavy atom. The van der Waals surface area contributed by atoms with Crippen LogP contribution in [0.15, 0.2) is 48.5 Å². The van der Waals surface area contributed by atoms with Gasteiger partial charge in [-0.25, -0.2) is 0 Å². The molecule has 40 heavy (non-hydrogen) atoms. The summed E-state index contributed by atoms with van der Waals surface area (Å²) in [6.07, 6.45) is 3.62. The van der Waals surface area contributed by atoms with Crippen LogP contribution in [0.25, 0.3) is 0 Å². The molecule has 0 fully saturated rings. The fourth-order valence-electron chi connectivity index (χ4n) is 5.04. The minimum absolute atomic E-state index is 0.0319. The number of amides is 2. The second-order valence-electron chi connectivity index (χ2n) is 11.1. The largest absolute Gasteiger partial charge is 0.490 e. The molecule has 0 unspecified atom stereocenters. The van der Waals surface area contributed by atoms with Gasteiger partial charge in [-0.1, -0.05) is 32.0 Å². The first-order valence-corrected chi connectivity index (χ1v) is 14.6. The Balaban J connectivity index is 1.96. The lowest BCUT2D eigenvalue weighted by molar-refractivity contribution is -0.0167. The first-order chi connectivity index (χ1) is 19.2. The van der Waals surface area contributed by atoms with E-state index in [9.17, 15) is 14.7 Å². The lowest BCUT2D eigenvalue weighted by Crippen LogP contribution is -2.47. The van der Waals surface area contributed by atoms with Gasteiger partial charge in [0.15, 0.2) is 0 Å². The molecule has 0 spiro atoms. The van der Waals surface area contributed by atoms with Gasteiger partial charge in [-0.2, -0.15) is 0 Å². The summed E-state index contributed by atoms with van der Waals surface area (Å²) in [5.41, 5.74) is 1.40. The van der Waals surface area contributed by atoms with Crippen molar-refractivity contribution in [3.63, 3.8) is 0 Å². The van der Waals surface area contributed by atoms with Crippen LogP contribution in [0.5, 0.6) is 5.75 Å². The van der Waals surface area contributed by atoms with Crippen LogP contribution in [0.1, 0.15) is 74.1 Å². The van der Waals surface area contributed by atoms with E-state index in [1.54, 1.807) is 35.2 Å². The molecule has 2 N–H and O–H groups in total. The highest BCUT2D eigenvalue weighted by molar-refractivity contribution is 6.05. The van der Waals surface area contributed by atoms with E-state index in [0.717, 1.165) is 38.8 Å². The predicted molar refractivity (Wildman–Crippen MR) is 159 cm³/mol. The van der Waals surface area contributed by atoms with E-state index < -0.39 is 6.04 Å². The maximum atomic E-state index is 14.2. The summed E-state index contributed by atoms with van der Waals surface area (Å²) in [6.45, 7) is 10.8. The van der Waals surface area contributed by atoms with Gasteiger partial charge in [0.1, 0.15) is 5.75 Å². The quantitative estimate of drug-likeness (QED) is 0.474. The Labute approximate surface area is 239 Å². The monoisotopic (exact) mass is 553 g/mol. The van der Waals surface area contributed by atoms with Crippen molar-refractivity contribution >= 4 is 17.5 Å². The summed E-state index contributed by atoms with van der Waals surface area (Å²) < 4.78 is 12.7.